The van der Waals surface area contributed by atoms with Crippen LogP contribution in [-0.2, 0) is 0 Å². The monoisotopic (exact) mass is 237 g/mol. The van der Waals surface area contributed by atoms with Gasteiger partial charge in [-0.15, -0.1) is 0 Å². The summed E-state index contributed by atoms with van der Waals surface area (Å²) in [5.41, 5.74) is 2.84. The van der Waals surface area contributed by atoms with Crippen molar-refractivity contribution in [2.45, 2.75) is 18.9 Å². The molecule has 2 nitrogen and oxygen atoms in total. The van der Waals surface area contributed by atoms with E-state index in [1.807, 2.05) is 54.6 Å². The number of hydrogen-bond acceptors (Lipinski definition) is 1. The number of hydrogen-bond donors (Lipinski definition) is 1. The highest BCUT2D eigenvalue weighted by Gasteiger charge is 2.24. The van der Waals surface area contributed by atoms with Crippen LogP contribution in [0, 0.1) is 0 Å². The molecule has 0 radical (unpaired) electrons. The molecule has 0 saturated heterocycles. The molecule has 0 heterocycles. The molecule has 18 heavy (non-hydrogen) atoms. The first-order chi connectivity index (χ1) is 8.84. The van der Waals surface area contributed by atoms with E-state index in [1.165, 1.54) is 0 Å². The van der Waals surface area contributed by atoms with Crippen molar-refractivity contribution in [1.29, 1.82) is 0 Å². The number of nitrogens with one attached hydrogen (secondary N) is 1. The van der Waals surface area contributed by atoms with Crippen molar-refractivity contribution < 1.29 is 4.79 Å². The summed E-state index contributed by atoms with van der Waals surface area (Å²) in [7, 11) is 0. The van der Waals surface area contributed by atoms with Crippen LogP contribution in [0.2, 0.25) is 0 Å². The van der Waals surface area contributed by atoms with Gasteiger partial charge in [0.25, 0.3) is 5.91 Å². The topological polar surface area (TPSA) is 29.1 Å². The summed E-state index contributed by atoms with van der Waals surface area (Å²) in [5, 5.41) is 3.04. The van der Waals surface area contributed by atoms with E-state index in [9.17, 15) is 4.79 Å². The zero-order chi connectivity index (χ0) is 12.4. The molecule has 1 amide bonds. The Morgan fingerprint density at radius 2 is 1.61 bits per heavy atom. The summed E-state index contributed by atoms with van der Waals surface area (Å²) in [6.07, 6.45) is 2.22. The maximum Gasteiger partial charge on any atom is 0.252 e. The Balaban J connectivity index is 1.96. The largest absolute Gasteiger partial charge is 0.349 e. The van der Waals surface area contributed by atoms with Crippen LogP contribution in [0.4, 0.5) is 0 Å². The van der Waals surface area contributed by atoms with E-state index in [4.69, 9.17) is 0 Å². The van der Waals surface area contributed by atoms with Crippen molar-refractivity contribution in [3.05, 3.63) is 60.2 Å². The maximum absolute atomic E-state index is 12.2. The number of carbonyl (C=O) groups excluding carboxylic acids is 1. The van der Waals surface area contributed by atoms with Crippen LogP contribution in [0.15, 0.2) is 54.6 Å². The van der Waals surface area contributed by atoms with Crippen LogP contribution in [0.25, 0.3) is 11.1 Å². The summed E-state index contributed by atoms with van der Waals surface area (Å²) in [5.74, 6) is 0.0388. The molecule has 0 unspecified atom stereocenters. The Hall–Kier alpha value is -2.09. The number of amides is 1. The van der Waals surface area contributed by atoms with E-state index < -0.39 is 0 Å². The summed E-state index contributed by atoms with van der Waals surface area (Å²) >= 11 is 0. The van der Waals surface area contributed by atoms with E-state index >= 15 is 0 Å². The molecular formula is C16H15NO. The van der Waals surface area contributed by atoms with Gasteiger partial charge < -0.3 is 5.32 Å². The molecule has 1 aliphatic rings. The lowest BCUT2D eigenvalue weighted by Gasteiger charge is -2.09. The molecule has 1 N–H and O–H groups in total. The van der Waals surface area contributed by atoms with Crippen molar-refractivity contribution >= 4 is 5.91 Å². The maximum atomic E-state index is 12.2. The highest BCUT2D eigenvalue weighted by Crippen LogP contribution is 2.25. The lowest BCUT2D eigenvalue weighted by atomic mass is 9.99. The molecule has 1 fully saturated rings. The minimum Gasteiger partial charge on any atom is -0.349 e. The Kier molecular flexibility index (Phi) is 2.85. The van der Waals surface area contributed by atoms with E-state index in [0.717, 1.165) is 29.5 Å². The van der Waals surface area contributed by atoms with E-state index in [-0.39, 0.29) is 5.91 Å². The fraction of sp³-hybridized carbons (Fsp3) is 0.188. The predicted molar refractivity (Wildman–Crippen MR) is 72.4 cm³/mol. The Labute approximate surface area is 107 Å². The third-order valence-electron chi connectivity index (χ3n) is 3.17. The minimum absolute atomic E-state index is 0.0388. The molecule has 0 spiro atoms. The van der Waals surface area contributed by atoms with Gasteiger partial charge in [0.1, 0.15) is 0 Å². The normalized spacial score (nSPS) is 14.2. The first kappa shape index (κ1) is 11.0. The first-order valence-electron chi connectivity index (χ1n) is 6.30. The van der Waals surface area contributed by atoms with Crippen molar-refractivity contribution in [3.8, 4) is 11.1 Å². The average molecular weight is 237 g/mol. The molecule has 2 heteroatoms. The Morgan fingerprint density at radius 1 is 0.944 bits per heavy atom. The first-order valence-corrected chi connectivity index (χ1v) is 6.30. The SMILES string of the molecule is O=C(NC1CC1)c1ccccc1-c1ccccc1. The predicted octanol–water partition coefficient (Wildman–Crippen LogP) is 3.25. The van der Waals surface area contributed by atoms with Gasteiger partial charge in [-0.1, -0.05) is 48.5 Å². The molecule has 1 saturated carbocycles. The van der Waals surface area contributed by atoms with Crippen molar-refractivity contribution in [1.82, 2.24) is 5.32 Å². The van der Waals surface area contributed by atoms with Gasteiger partial charge >= 0.3 is 0 Å². The van der Waals surface area contributed by atoms with Gasteiger partial charge in [0.05, 0.1) is 0 Å². The third-order valence-corrected chi connectivity index (χ3v) is 3.17. The molecule has 3 rings (SSSR count). The summed E-state index contributed by atoms with van der Waals surface area (Å²) < 4.78 is 0. The van der Waals surface area contributed by atoms with Crippen LogP contribution < -0.4 is 5.32 Å². The Morgan fingerprint density at radius 3 is 2.33 bits per heavy atom. The minimum atomic E-state index is 0.0388. The molecule has 0 bridgehead atoms. The molecule has 90 valence electrons. The number of rotatable bonds is 3. The van der Waals surface area contributed by atoms with E-state index in [1.54, 1.807) is 0 Å². The molecule has 0 atom stereocenters. The van der Waals surface area contributed by atoms with Gasteiger partial charge in [0.2, 0.25) is 0 Å². The fourth-order valence-electron chi connectivity index (χ4n) is 2.04. The molecule has 1 aliphatic carbocycles. The van der Waals surface area contributed by atoms with Crippen LogP contribution >= 0.6 is 0 Å². The number of carbonyl (C=O) groups is 1. The van der Waals surface area contributed by atoms with Crippen LogP contribution in [0.5, 0.6) is 0 Å². The molecular weight excluding hydrogens is 222 g/mol. The second-order valence-corrected chi connectivity index (χ2v) is 4.66. The Bertz CT molecular complexity index is 558. The molecule has 0 aliphatic heterocycles. The summed E-state index contributed by atoms with van der Waals surface area (Å²) in [6, 6.07) is 18.2. The summed E-state index contributed by atoms with van der Waals surface area (Å²) in [6.45, 7) is 0. The van der Waals surface area contributed by atoms with Crippen molar-refractivity contribution in [3.63, 3.8) is 0 Å². The van der Waals surface area contributed by atoms with Gasteiger partial charge in [0.15, 0.2) is 0 Å². The van der Waals surface area contributed by atoms with Gasteiger partial charge in [-0.25, -0.2) is 0 Å². The average Bonchev–Trinajstić information content (AvgIpc) is 3.24. The highest BCUT2D eigenvalue weighted by atomic mass is 16.1. The second kappa shape index (κ2) is 4.65. The molecule has 2 aromatic rings. The smallest absolute Gasteiger partial charge is 0.252 e. The lowest BCUT2D eigenvalue weighted by Crippen LogP contribution is -2.25. The van der Waals surface area contributed by atoms with Gasteiger partial charge in [-0.2, -0.15) is 0 Å². The van der Waals surface area contributed by atoms with Crippen LogP contribution in [0.1, 0.15) is 23.2 Å². The zero-order valence-corrected chi connectivity index (χ0v) is 10.1. The van der Waals surface area contributed by atoms with E-state index in [0.29, 0.717) is 6.04 Å². The van der Waals surface area contributed by atoms with Crippen LogP contribution in [-0.4, -0.2) is 11.9 Å². The fourth-order valence-corrected chi connectivity index (χ4v) is 2.04. The zero-order valence-electron chi connectivity index (χ0n) is 10.1. The lowest BCUT2D eigenvalue weighted by molar-refractivity contribution is 0.0951. The number of benzene rings is 2. The third kappa shape index (κ3) is 2.28. The van der Waals surface area contributed by atoms with Crippen LogP contribution in [0.3, 0.4) is 0 Å². The van der Waals surface area contributed by atoms with Gasteiger partial charge in [-0.3, -0.25) is 4.79 Å². The van der Waals surface area contributed by atoms with Gasteiger partial charge in [-0.05, 0) is 30.0 Å². The quantitative estimate of drug-likeness (QED) is 0.872. The highest BCUT2D eigenvalue weighted by molar-refractivity contribution is 6.01. The second-order valence-electron chi connectivity index (χ2n) is 4.66. The van der Waals surface area contributed by atoms with Crippen molar-refractivity contribution in [2.24, 2.45) is 0 Å². The standard InChI is InChI=1S/C16H15NO/c18-16(17-13-10-11-13)15-9-5-4-8-14(15)12-6-2-1-3-7-12/h1-9,13H,10-11H2,(H,17,18). The molecule has 2 aromatic carbocycles. The van der Waals surface area contributed by atoms with E-state index in [2.05, 4.69) is 5.32 Å². The summed E-state index contributed by atoms with van der Waals surface area (Å²) in [4.78, 5) is 12.2. The van der Waals surface area contributed by atoms with Crippen molar-refractivity contribution in [2.75, 3.05) is 0 Å². The van der Waals surface area contributed by atoms with Gasteiger partial charge in [0, 0.05) is 11.6 Å². The molecule has 0 aromatic heterocycles.